The van der Waals surface area contributed by atoms with Crippen LogP contribution in [0.4, 0.5) is 0 Å². The molecule has 0 spiro atoms. The molecular formula is C5H9N3. The van der Waals surface area contributed by atoms with Crippen LogP contribution in [0.15, 0.2) is 11.9 Å². The van der Waals surface area contributed by atoms with E-state index in [0.29, 0.717) is 0 Å². The third kappa shape index (κ3) is 3.04. The molecule has 3 heteroatoms. The molecule has 0 aromatic rings. The second-order valence-corrected chi connectivity index (χ2v) is 1.66. The van der Waals surface area contributed by atoms with Crippen molar-refractivity contribution in [1.29, 1.82) is 5.26 Å². The van der Waals surface area contributed by atoms with Gasteiger partial charge in [0.25, 0.3) is 0 Å². The summed E-state index contributed by atoms with van der Waals surface area (Å²) < 4.78 is 0. The second kappa shape index (κ2) is 2.92. The molecule has 0 bridgehead atoms. The van der Waals surface area contributed by atoms with Gasteiger partial charge in [0, 0.05) is 20.3 Å². The predicted molar refractivity (Wildman–Crippen MR) is 31.6 cm³/mol. The number of allylic oxidation sites excluding steroid dienone is 1. The van der Waals surface area contributed by atoms with Crippen LogP contribution in [0.2, 0.25) is 0 Å². The highest BCUT2D eigenvalue weighted by Crippen LogP contribution is 1.80. The highest BCUT2D eigenvalue weighted by molar-refractivity contribution is 5.14. The van der Waals surface area contributed by atoms with Crippen LogP contribution in [0.1, 0.15) is 0 Å². The van der Waals surface area contributed by atoms with Gasteiger partial charge >= 0.3 is 0 Å². The number of hydrogen-bond acceptors (Lipinski definition) is 3. The Kier molecular flexibility index (Phi) is 2.49. The van der Waals surface area contributed by atoms with Gasteiger partial charge in [-0.1, -0.05) is 0 Å². The number of nitrogens with two attached hydrogens (primary N) is 1. The molecule has 3 nitrogen and oxygen atoms in total. The summed E-state index contributed by atoms with van der Waals surface area (Å²) in [5.74, 6) is 0. The minimum absolute atomic E-state index is 0.231. The summed E-state index contributed by atoms with van der Waals surface area (Å²) in [4.78, 5) is 1.72. The molecule has 2 N–H and O–H groups in total. The van der Waals surface area contributed by atoms with Crippen molar-refractivity contribution in [1.82, 2.24) is 4.90 Å². The van der Waals surface area contributed by atoms with E-state index >= 15 is 0 Å². The summed E-state index contributed by atoms with van der Waals surface area (Å²) in [5.41, 5.74) is 5.36. The van der Waals surface area contributed by atoms with Crippen molar-refractivity contribution in [3.05, 3.63) is 11.9 Å². The average molecular weight is 111 g/mol. The van der Waals surface area contributed by atoms with Crippen molar-refractivity contribution in [2.24, 2.45) is 5.73 Å². The van der Waals surface area contributed by atoms with Gasteiger partial charge in [-0.15, -0.1) is 0 Å². The van der Waals surface area contributed by atoms with E-state index in [9.17, 15) is 0 Å². The van der Waals surface area contributed by atoms with Crippen LogP contribution < -0.4 is 5.73 Å². The quantitative estimate of drug-likeness (QED) is 0.479. The maximum absolute atomic E-state index is 8.11. The van der Waals surface area contributed by atoms with Crippen LogP contribution in [-0.4, -0.2) is 19.0 Å². The Balaban J connectivity index is 3.80. The van der Waals surface area contributed by atoms with E-state index in [-0.39, 0.29) is 5.70 Å². The van der Waals surface area contributed by atoms with Gasteiger partial charge in [-0.05, 0) is 0 Å². The zero-order chi connectivity index (χ0) is 6.57. The molecule has 0 radical (unpaired) electrons. The fourth-order valence-corrected chi connectivity index (χ4v) is 0.307. The van der Waals surface area contributed by atoms with Crippen molar-refractivity contribution in [3.63, 3.8) is 0 Å². The van der Waals surface area contributed by atoms with E-state index in [1.807, 2.05) is 14.1 Å². The van der Waals surface area contributed by atoms with Gasteiger partial charge in [-0.3, -0.25) is 0 Å². The lowest BCUT2D eigenvalue weighted by atomic mass is 10.5. The zero-order valence-electron chi connectivity index (χ0n) is 5.05. The van der Waals surface area contributed by atoms with Gasteiger partial charge in [0.2, 0.25) is 0 Å². The third-order valence-corrected chi connectivity index (χ3v) is 0.526. The third-order valence-electron chi connectivity index (χ3n) is 0.526. The topological polar surface area (TPSA) is 53.0 Å². The summed E-state index contributed by atoms with van der Waals surface area (Å²) in [6.45, 7) is 0. The highest BCUT2D eigenvalue weighted by atomic mass is 15.0. The lowest BCUT2D eigenvalue weighted by Crippen LogP contribution is -2.06. The molecule has 0 aliphatic carbocycles. The molecule has 0 amide bonds. The van der Waals surface area contributed by atoms with Crippen molar-refractivity contribution < 1.29 is 0 Å². The standard InChI is InChI=1S/C5H9N3/c1-8(2)4-5(7)3-6/h4H,7H2,1-2H3/b5-4+. The van der Waals surface area contributed by atoms with E-state index in [2.05, 4.69) is 0 Å². The van der Waals surface area contributed by atoms with E-state index in [0.717, 1.165) is 0 Å². The molecule has 0 aromatic carbocycles. The van der Waals surface area contributed by atoms with E-state index in [1.165, 1.54) is 0 Å². The molecule has 44 valence electrons. The highest BCUT2D eigenvalue weighted by Gasteiger charge is 1.82. The Morgan fingerprint density at radius 3 is 2.38 bits per heavy atom. The molecule has 0 aliphatic rings. The largest absolute Gasteiger partial charge is 0.389 e. The molecule has 8 heavy (non-hydrogen) atoms. The van der Waals surface area contributed by atoms with E-state index < -0.39 is 0 Å². The smallest absolute Gasteiger partial charge is 0.127 e. The van der Waals surface area contributed by atoms with E-state index in [4.69, 9.17) is 11.0 Å². The molecule has 0 heterocycles. The Hall–Kier alpha value is -1.17. The van der Waals surface area contributed by atoms with E-state index in [1.54, 1.807) is 17.2 Å². The van der Waals surface area contributed by atoms with Gasteiger partial charge < -0.3 is 10.6 Å². The lowest BCUT2D eigenvalue weighted by molar-refractivity contribution is 0.559. The van der Waals surface area contributed by atoms with Crippen molar-refractivity contribution >= 4 is 0 Å². The Morgan fingerprint density at radius 2 is 2.25 bits per heavy atom. The molecule has 0 atom stereocenters. The first kappa shape index (κ1) is 6.83. The van der Waals surface area contributed by atoms with Crippen LogP contribution in [0.25, 0.3) is 0 Å². The monoisotopic (exact) mass is 111 g/mol. The Morgan fingerprint density at radius 1 is 1.75 bits per heavy atom. The lowest BCUT2D eigenvalue weighted by Gasteiger charge is -2.01. The van der Waals surface area contributed by atoms with Gasteiger partial charge in [0.05, 0.1) is 0 Å². The molecule has 0 saturated carbocycles. The zero-order valence-corrected chi connectivity index (χ0v) is 5.05. The SMILES string of the molecule is CN(C)/C=C(/N)C#N. The number of hydrogen-bond donors (Lipinski definition) is 1. The van der Waals surface area contributed by atoms with Crippen molar-refractivity contribution in [2.75, 3.05) is 14.1 Å². The first-order valence-corrected chi connectivity index (χ1v) is 2.20. The van der Waals surface area contributed by atoms with Crippen molar-refractivity contribution in [3.8, 4) is 6.07 Å². The summed E-state index contributed by atoms with van der Waals surface area (Å²) in [7, 11) is 3.62. The van der Waals surface area contributed by atoms with Crippen LogP contribution in [0, 0.1) is 11.3 Å². The van der Waals surface area contributed by atoms with Crippen LogP contribution >= 0.6 is 0 Å². The Labute approximate surface area is 49.0 Å². The van der Waals surface area contributed by atoms with Crippen LogP contribution in [0.3, 0.4) is 0 Å². The van der Waals surface area contributed by atoms with Gasteiger partial charge in [-0.25, -0.2) is 0 Å². The normalized spacial score (nSPS) is 10.4. The molecular weight excluding hydrogens is 102 g/mol. The van der Waals surface area contributed by atoms with Gasteiger partial charge in [0.15, 0.2) is 0 Å². The summed E-state index contributed by atoms with van der Waals surface area (Å²) in [6, 6.07) is 1.79. The average Bonchev–Trinajstić information content (AvgIpc) is 1.65. The summed E-state index contributed by atoms with van der Waals surface area (Å²) in [6.07, 6.45) is 1.56. The second-order valence-electron chi connectivity index (χ2n) is 1.66. The molecule has 0 aliphatic heterocycles. The number of nitriles is 1. The Bertz CT molecular complexity index is 129. The molecule has 0 rings (SSSR count). The number of nitrogens with zero attached hydrogens (tertiary/aromatic N) is 2. The molecule has 0 unspecified atom stereocenters. The maximum Gasteiger partial charge on any atom is 0.127 e. The van der Waals surface area contributed by atoms with Gasteiger partial charge in [-0.2, -0.15) is 5.26 Å². The summed E-state index contributed by atoms with van der Waals surface area (Å²) in [5, 5.41) is 8.11. The first-order chi connectivity index (χ1) is 3.66. The molecule has 0 saturated heterocycles. The van der Waals surface area contributed by atoms with Crippen LogP contribution in [0.5, 0.6) is 0 Å². The minimum Gasteiger partial charge on any atom is -0.389 e. The minimum atomic E-state index is 0.231. The van der Waals surface area contributed by atoms with Crippen molar-refractivity contribution in [2.45, 2.75) is 0 Å². The fourth-order valence-electron chi connectivity index (χ4n) is 0.307. The first-order valence-electron chi connectivity index (χ1n) is 2.20. The predicted octanol–water partition coefficient (Wildman–Crippen LogP) is -0.128. The molecule has 0 aromatic heterocycles. The number of rotatable bonds is 1. The fraction of sp³-hybridized carbons (Fsp3) is 0.400. The summed E-state index contributed by atoms with van der Waals surface area (Å²) >= 11 is 0. The molecule has 0 fully saturated rings. The maximum atomic E-state index is 8.11. The van der Waals surface area contributed by atoms with Gasteiger partial charge in [0.1, 0.15) is 11.8 Å². The van der Waals surface area contributed by atoms with Crippen LogP contribution in [-0.2, 0) is 0 Å².